The number of rotatable bonds is 3. The van der Waals surface area contributed by atoms with Gasteiger partial charge in [-0.15, -0.1) is 0 Å². The molecular formula is C18H19ClN4O3. The summed E-state index contributed by atoms with van der Waals surface area (Å²) < 4.78 is 11.0. The highest BCUT2D eigenvalue weighted by atomic mass is 35.5. The lowest BCUT2D eigenvalue weighted by Gasteiger charge is -2.30. The van der Waals surface area contributed by atoms with Gasteiger partial charge in [-0.05, 0) is 18.2 Å². The number of anilines is 2. The summed E-state index contributed by atoms with van der Waals surface area (Å²) in [5, 5.41) is 0.505. The van der Waals surface area contributed by atoms with Crippen LogP contribution in [0.1, 0.15) is 5.82 Å². The molecular weight excluding hydrogens is 356 g/mol. The van der Waals surface area contributed by atoms with Gasteiger partial charge in [-0.2, -0.15) is 0 Å². The third-order valence-corrected chi connectivity index (χ3v) is 4.73. The largest absolute Gasteiger partial charge is 0.488 e. The van der Waals surface area contributed by atoms with Gasteiger partial charge in [-0.25, -0.2) is 9.97 Å². The Hall–Kier alpha value is -2.38. The van der Waals surface area contributed by atoms with Crippen molar-refractivity contribution in [2.75, 3.05) is 49.3 Å². The van der Waals surface area contributed by atoms with Crippen LogP contribution in [0.3, 0.4) is 0 Å². The zero-order chi connectivity index (χ0) is 17.9. The van der Waals surface area contributed by atoms with Crippen molar-refractivity contribution < 1.29 is 14.3 Å². The summed E-state index contributed by atoms with van der Waals surface area (Å²) in [5.41, 5.74) is 0.693. The molecule has 0 unspecified atom stereocenters. The molecule has 4 rings (SSSR count). The van der Waals surface area contributed by atoms with Crippen molar-refractivity contribution in [2.45, 2.75) is 6.42 Å². The Morgan fingerprint density at radius 2 is 2.00 bits per heavy atom. The van der Waals surface area contributed by atoms with E-state index >= 15 is 0 Å². The van der Waals surface area contributed by atoms with Crippen molar-refractivity contribution in [2.24, 2.45) is 0 Å². The van der Waals surface area contributed by atoms with Crippen LogP contribution >= 0.6 is 11.6 Å². The van der Waals surface area contributed by atoms with Gasteiger partial charge in [-0.3, -0.25) is 4.79 Å². The van der Waals surface area contributed by atoms with Gasteiger partial charge in [0.15, 0.2) is 5.75 Å². The molecule has 0 spiro atoms. The quantitative estimate of drug-likeness (QED) is 0.817. The maximum Gasteiger partial charge on any atom is 0.234 e. The Balaban J connectivity index is 1.52. The number of hydrogen-bond donors (Lipinski definition) is 0. The first-order valence-corrected chi connectivity index (χ1v) is 8.96. The highest BCUT2D eigenvalue weighted by Gasteiger charge is 2.26. The lowest BCUT2D eigenvalue weighted by molar-refractivity contribution is -0.118. The van der Waals surface area contributed by atoms with Crippen LogP contribution < -0.4 is 14.5 Å². The lowest BCUT2D eigenvalue weighted by Crippen LogP contribution is -2.39. The minimum Gasteiger partial charge on any atom is -0.488 e. The molecule has 3 heterocycles. The molecule has 0 aliphatic carbocycles. The van der Waals surface area contributed by atoms with E-state index in [1.807, 2.05) is 18.2 Å². The van der Waals surface area contributed by atoms with Crippen LogP contribution in [0, 0.1) is 0 Å². The third kappa shape index (κ3) is 3.45. The van der Waals surface area contributed by atoms with Gasteiger partial charge in [-0.1, -0.05) is 17.7 Å². The van der Waals surface area contributed by atoms with Crippen LogP contribution in [0.2, 0.25) is 5.02 Å². The summed E-state index contributed by atoms with van der Waals surface area (Å²) in [5.74, 6) is 1.82. The molecule has 1 saturated heterocycles. The molecule has 1 aromatic heterocycles. The Kier molecular flexibility index (Phi) is 4.90. The molecule has 1 aromatic carbocycles. The van der Waals surface area contributed by atoms with Gasteiger partial charge in [0, 0.05) is 19.3 Å². The van der Waals surface area contributed by atoms with Crippen LogP contribution in [-0.4, -0.2) is 55.3 Å². The molecule has 8 heteroatoms. The summed E-state index contributed by atoms with van der Waals surface area (Å²) in [6, 6.07) is 7.27. The second-order valence-electron chi connectivity index (χ2n) is 6.09. The molecule has 2 aliphatic heterocycles. The summed E-state index contributed by atoms with van der Waals surface area (Å²) >= 11 is 6.18. The second-order valence-corrected chi connectivity index (χ2v) is 6.50. The number of amides is 1. The molecule has 2 aromatic rings. The number of carbonyl (C=O) groups is 1. The number of morpholine rings is 1. The zero-order valence-electron chi connectivity index (χ0n) is 14.2. The smallest absolute Gasteiger partial charge is 0.234 e. The standard InChI is InChI=1S/C18H19ClN4O3/c19-13-2-1-3-14-18(13)26-11-8-23(14)17(24)12-15-20-5-4-16(21-15)22-6-9-25-10-7-22/h1-5H,6-12H2. The third-order valence-electron chi connectivity index (χ3n) is 4.43. The van der Waals surface area contributed by atoms with E-state index < -0.39 is 0 Å². The SMILES string of the molecule is O=C(Cc1nccc(N2CCOCC2)n1)N1CCOc2c(Cl)cccc21. The topological polar surface area (TPSA) is 67.8 Å². The molecule has 0 N–H and O–H groups in total. The predicted molar refractivity (Wildman–Crippen MR) is 98.1 cm³/mol. The monoisotopic (exact) mass is 374 g/mol. The average molecular weight is 375 g/mol. The van der Waals surface area contributed by atoms with Gasteiger partial charge < -0.3 is 19.3 Å². The number of carbonyl (C=O) groups excluding carboxylic acids is 1. The van der Waals surface area contributed by atoms with Gasteiger partial charge in [0.05, 0.1) is 36.9 Å². The molecule has 26 heavy (non-hydrogen) atoms. The van der Waals surface area contributed by atoms with E-state index in [0.717, 1.165) is 18.9 Å². The molecule has 7 nitrogen and oxygen atoms in total. The molecule has 1 amide bonds. The number of fused-ring (bicyclic) bond motifs is 1. The second kappa shape index (κ2) is 7.47. The van der Waals surface area contributed by atoms with E-state index in [0.29, 0.717) is 48.6 Å². The van der Waals surface area contributed by atoms with Crippen molar-refractivity contribution in [1.82, 2.24) is 9.97 Å². The Labute approximate surface area is 156 Å². The number of benzene rings is 1. The minimum atomic E-state index is -0.0732. The molecule has 0 atom stereocenters. The van der Waals surface area contributed by atoms with Crippen molar-refractivity contribution >= 4 is 29.0 Å². The van der Waals surface area contributed by atoms with Crippen molar-refractivity contribution in [3.8, 4) is 5.75 Å². The van der Waals surface area contributed by atoms with Gasteiger partial charge in [0.1, 0.15) is 18.2 Å². The Bertz CT molecular complexity index is 811. The molecule has 2 aliphatic rings. The van der Waals surface area contributed by atoms with Crippen LogP contribution in [0.15, 0.2) is 30.5 Å². The first-order valence-electron chi connectivity index (χ1n) is 8.58. The summed E-state index contributed by atoms with van der Waals surface area (Å²) in [6.45, 7) is 3.85. The molecule has 0 saturated carbocycles. The minimum absolute atomic E-state index is 0.0732. The van der Waals surface area contributed by atoms with E-state index in [9.17, 15) is 4.79 Å². The van der Waals surface area contributed by atoms with Crippen molar-refractivity contribution in [3.63, 3.8) is 0 Å². The number of halogens is 1. The first kappa shape index (κ1) is 17.1. The van der Waals surface area contributed by atoms with Gasteiger partial charge in [0.25, 0.3) is 0 Å². The fraction of sp³-hybridized carbons (Fsp3) is 0.389. The molecule has 1 fully saturated rings. The van der Waals surface area contributed by atoms with Crippen molar-refractivity contribution in [1.29, 1.82) is 0 Å². The Morgan fingerprint density at radius 3 is 2.85 bits per heavy atom. The predicted octanol–water partition coefficient (Wildman–Crippen LogP) is 1.93. The average Bonchev–Trinajstić information content (AvgIpc) is 2.69. The maximum absolute atomic E-state index is 12.8. The van der Waals surface area contributed by atoms with Crippen LogP contribution in [0.4, 0.5) is 11.5 Å². The molecule has 0 radical (unpaired) electrons. The number of hydrogen-bond acceptors (Lipinski definition) is 6. The zero-order valence-corrected chi connectivity index (χ0v) is 15.0. The van der Waals surface area contributed by atoms with Gasteiger partial charge in [0.2, 0.25) is 5.91 Å². The number of aromatic nitrogens is 2. The molecule has 136 valence electrons. The summed E-state index contributed by atoms with van der Waals surface area (Å²) in [4.78, 5) is 25.5. The highest BCUT2D eigenvalue weighted by Crippen LogP contribution is 2.37. The Morgan fingerprint density at radius 1 is 1.15 bits per heavy atom. The fourth-order valence-corrected chi connectivity index (χ4v) is 3.37. The van der Waals surface area contributed by atoms with Crippen molar-refractivity contribution in [3.05, 3.63) is 41.3 Å². The number of ether oxygens (including phenoxy) is 2. The molecule has 0 bridgehead atoms. The van der Waals surface area contributed by atoms with E-state index in [4.69, 9.17) is 21.1 Å². The van der Waals surface area contributed by atoms with E-state index in [-0.39, 0.29) is 12.3 Å². The summed E-state index contributed by atoms with van der Waals surface area (Å²) in [7, 11) is 0. The number of nitrogens with zero attached hydrogens (tertiary/aromatic N) is 4. The fourth-order valence-electron chi connectivity index (χ4n) is 3.14. The lowest BCUT2D eigenvalue weighted by atomic mass is 10.2. The van der Waals surface area contributed by atoms with Crippen LogP contribution in [0.5, 0.6) is 5.75 Å². The van der Waals surface area contributed by atoms with E-state index in [2.05, 4.69) is 14.9 Å². The maximum atomic E-state index is 12.8. The summed E-state index contributed by atoms with van der Waals surface area (Å²) in [6.07, 6.45) is 1.83. The number of para-hydroxylation sites is 1. The van der Waals surface area contributed by atoms with Gasteiger partial charge >= 0.3 is 0 Å². The van der Waals surface area contributed by atoms with E-state index in [1.54, 1.807) is 17.2 Å². The van der Waals surface area contributed by atoms with E-state index in [1.165, 1.54) is 0 Å². The first-order chi connectivity index (χ1) is 12.7. The highest BCUT2D eigenvalue weighted by molar-refractivity contribution is 6.32. The van der Waals surface area contributed by atoms with Crippen LogP contribution in [0.25, 0.3) is 0 Å². The van der Waals surface area contributed by atoms with Crippen LogP contribution in [-0.2, 0) is 16.0 Å². The normalized spacial score (nSPS) is 16.8.